The van der Waals surface area contributed by atoms with Crippen molar-refractivity contribution in [2.45, 2.75) is 32.6 Å². The maximum absolute atomic E-state index is 5.67. The second-order valence-corrected chi connectivity index (χ2v) is 6.00. The molecule has 5 heteroatoms. The van der Waals surface area contributed by atoms with Crippen molar-refractivity contribution < 1.29 is 4.74 Å². The van der Waals surface area contributed by atoms with Crippen molar-refractivity contribution in [3.8, 4) is 5.75 Å². The number of para-hydroxylation sites is 1. The fourth-order valence-corrected chi connectivity index (χ4v) is 2.80. The molecule has 4 nitrogen and oxygen atoms in total. The first-order valence-corrected chi connectivity index (χ1v) is 8.40. The second-order valence-electron chi connectivity index (χ2n) is 4.85. The number of nitrogens with one attached hydrogen (secondary N) is 1. The van der Waals surface area contributed by atoms with Crippen molar-refractivity contribution in [1.29, 1.82) is 0 Å². The monoisotopic (exact) mass is 305 g/mol. The van der Waals surface area contributed by atoms with E-state index in [0.717, 1.165) is 48.1 Å². The van der Waals surface area contributed by atoms with Crippen LogP contribution in [0.25, 0.3) is 0 Å². The molecule has 114 valence electrons. The lowest BCUT2D eigenvalue weighted by molar-refractivity contribution is 0.321. The predicted octanol–water partition coefficient (Wildman–Crippen LogP) is 3.09. The highest BCUT2D eigenvalue weighted by atomic mass is 32.1. The first kappa shape index (κ1) is 15.9. The molecule has 0 saturated carbocycles. The van der Waals surface area contributed by atoms with Crippen LogP contribution in [0.1, 0.15) is 29.8 Å². The lowest BCUT2D eigenvalue weighted by Crippen LogP contribution is -2.16. The van der Waals surface area contributed by atoms with Gasteiger partial charge in [-0.1, -0.05) is 25.1 Å². The van der Waals surface area contributed by atoms with Gasteiger partial charge in [0.25, 0.3) is 0 Å². The van der Waals surface area contributed by atoms with Crippen molar-refractivity contribution in [2.75, 3.05) is 19.7 Å². The summed E-state index contributed by atoms with van der Waals surface area (Å²) in [6.07, 6.45) is 4.13. The quantitative estimate of drug-likeness (QED) is 0.685. The second kappa shape index (κ2) is 9.47. The molecule has 1 aromatic heterocycles. The summed E-state index contributed by atoms with van der Waals surface area (Å²) in [7, 11) is 0. The van der Waals surface area contributed by atoms with Crippen molar-refractivity contribution in [3.05, 3.63) is 40.3 Å². The molecule has 1 aromatic carbocycles. The third kappa shape index (κ3) is 6.23. The molecule has 0 radical (unpaired) electrons. The molecular formula is C16H23N3OS. The van der Waals surface area contributed by atoms with Gasteiger partial charge in [0.1, 0.15) is 15.8 Å². The Kier molecular flexibility index (Phi) is 7.18. The van der Waals surface area contributed by atoms with Gasteiger partial charge in [-0.2, -0.15) is 0 Å². The lowest BCUT2D eigenvalue weighted by atomic mass is 10.3. The Bertz CT molecular complexity index is 501. The molecule has 0 saturated heterocycles. The van der Waals surface area contributed by atoms with E-state index in [1.807, 2.05) is 30.3 Å². The average molecular weight is 305 g/mol. The SMILES string of the molecule is CCCNCCCc1nnc(CCOc2ccccc2)s1. The number of aryl methyl sites for hydroxylation is 1. The summed E-state index contributed by atoms with van der Waals surface area (Å²) in [4.78, 5) is 0. The zero-order valence-electron chi connectivity index (χ0n) is 12.5. The van der Waals surface area contributed by atoms with Crippen LogP contribution in [-0.4, -0.2) is 29.9 Å². The smallest absolute Gasteiger partial charge is 0.120 e. The molecular weight excluding hydrogens is 282 g/mol. The van der Waals surface area contributed by atoms with E-state index >= 15 is 0 Å². The predicted molar refractivity (Wildman–Crippen MR) is 87.0 cm³/mol. The van der Waals surface area contributed by atoms with Gasteiger partial charge in [-0.25, -0.2) is 0 Å². The molecule has 0 bridgehead atoms. The number of hydrogen-bond acceptors (Lipinski definition) is 5. The third-order valence-corrected chi connectivity index (χ3v) is 4.05. The number of hydrogen-bond donors (Lipinski definition) is 1. The molecule has 0 aliphatic carbocycles. The highest BCUT2D eigenvalue weighted by molar-refractivity contribution is 7.11. The van der Waals surface area contributed by atoms with E-state index in [4.69, 9.17) is 4.74 Å². The normalized spacial score (nSPS) is 10.7. The molecule has 0 aliphatic rings. The zero-order valence-corrected chi connectivity index (χ0v) is 13.4. The molecule has 1 N–H and O–H groups in total. The molecule has 21 heavy (non-hydrogen) atoms. The summed E-state index contributed by atoms with van der Waals surface area (Å²) in [6.45, 7) is 4.98. The van der Waals surface area contributed by atoms with Crippen LogP contribution in [0.15, 0.2) is 30.3 Å². The van der Waals surface area contributed by atoms with Crippen LogP contribution in [-0.2, 0) is 12.8 Å². The van der Waals surface area contributed by atoms with E-state index in [1.165, 1.54) is 6.42 Å². The van der Waals surface area contributed by atoms with E-state index < -0.39 is 0 Å². The Labute approximate surface area is 130 Å². The van der Waals surface area contributed by atoms with E-state index in [9.17, 15) is 0 Å². The standard InChI is InChI=1S/C16H23N3OS/c1-2-11-17-12-6-9-15-18-19-16(21-15)10-13-20-14-7-4-3-5-8-14/h3-5,7-8,17H,2,6,9-13H2,1H3. The zero-order chi connectivity index (χ0) is 14.8. The summed E-state index contributed by atoms with van der Waals surface area (Å²) in [5.41, 5.74) is 0. The van der Waals surface area contributed by atoms with Gasteiger partial charge in [0.05, 0.1) is 6.61 Å². The van der Waals surface area contributed by atoms with Crippen molar-refractivity contribution >= 4 is 11.3 Å². The first-order chi connectivity index (χ1) is 10.4. The third-order valence-electron chi connectivity index (χ3n) is 3.01. The largest absolute Gasteiger partial charge is 0.493 e. The van der Waals surface area contributed by atoms with Gasteiger partial charge < -0.3 is 10.1 Å². The van der Waals surface area contributed by atoms with Crippen molar-refractivity contribution in [2.24, 2.45) is 0 Å². The minimum absolute atomic E-state index is 0.650. The molecule has 2 aromatic rings. The highest BCUT2D eigenvalue weighted by Crippen LogP contribution is 2.13. The van der Waals surface area contributed by atoms with E-state index in [0.29, 0.717) is 6.61 Å². The molecule has 0 unspecified atom stereocenters. The van der Waals surface area contributed by atoms with Gasteiger partial charge in [-0.15, -0.1) is 21.5 Å². The maximum Gasteiger partial charge on any atom is 0.120 e. The van der Waals surface area contributed by atoms with Crippen molar-refractivity contribution in [3.63, 3.8) is 0 Å². The van der Waals surface area contributed by atoms with Crippen LogP contribution in [0.3, 0.4) is 0 Å². The minimum atomic E-state index is 0.650. The highest BCUT2D eigenvalue weighted by Gasteiger charge is 2.04. The molecule has 1 heterocycles. The van der Waals surface area contributed by atoms with Crippen LogP contribution in [0.2, 0.25) is 0 Å². The molecule has 0 aliphatic heterocycles. The fraction of sp³-hybridized carbons (Fsp3) is 0.500. The Morgan fingerprint density at radius 2 is 1.81 bits per heavy atom. The number of benzene rings is 1. The first-order valence-electron chi connectivity index (χ1n) is 7.58. The summed E-state index contributed by atoms with van der Waals surface area (Å²) < 4.78 is 5.67. The molecule has 0 amide bonds. The van der Waals surface area contributed by atoms with Crippen molar-refractivity contribution in [1.82, 2.24) is 15.5 Å². The summed E-state index contributed by atoms with van der Waals surface area (Å²) in [6, 6.07) is 9.87. The maximum atomic E-state index is 5.67. The van der Waals surface area contributed by atoms with Gasteiger partial charge in [0.2, 0.25) is 0 Å². The van der Waals surface area contributed by atoms with E-state index in [-0.39, 0.29) is 0 Å². The topological polar surface area (TPSA) is 47.0 Å². The van der Waals surface area contributed by atoms with E-state index in [1.54, 1.807) is 11.3 Å². The fourth-order valence-electron chi connectivity index (χ4n) is 1.93. The number of rotatable bonds is 10. The van der Waals surface area contributed by atoms with Crippen LogP contribution < -0.4 is 10.1 Å². The summed E-state index contributed by atoms with van der Waals surface area (Å²) >= 11 is 1.70. The molecule has 0 spiro atoms. The van der Waals surface area contributed by atoms with Gasteiger partial charge in [-0.05, 0) is 38.1 Å². The number of nitrogens with zero attached hydrogens (tertiary/aromatic N) is 2. The summed E-state index contributed by atoms with van der Waals surface area (Å²) in [5.74, 6) is 0.907. The van der Waals surface area contributed by atoms with Crippen LogP contribution in [0, 0.1) is 0 Å². The minimum Gasteiger partial charge on any atom is -0.493 e. The van der Waals surface area contributed by atoms with Gasteiger partial charge >= 0.3 is 0 Å². The Morgan fingerprint density at radius 1 is 1.05 bits per heavy atom. The van der Waals surface area contributed by atoms with Gasteiger partial charge in [0.15, 0.2) is 0 Å². The number of aromatic nitrogens is 2. The van der Waals surface area contributed by atoms with Gasteiger partial charge in [0, 0.05) is 12.8 Å². The summed E-state index contributed by atoms with van der Waals surface area (Å²) in [5, 5.41) is 14.1. The molecule has 2 rings (SSSR count). The average Bonchev–Trinajstić information content (AvgIpc) is 2.96. The van der Waals surface area contributed by atoms with Crippen LogP contribution >= 0.6 is 11.3 Å². The lowest BCUT2D eigenvalue weighted by Gasteiger charge is -2.03. The molecule has 0 fully saturated rings. The van der Waals surface area contributed by atoms with Crippen LogP contribution in [0.4, 0.5) is 0 Å². The Morgan fingerprint density at radius 3 is 2.57 bits per heavy atom. The Balaban J connectivity index is 1.63. The van der Waals surface area contributed by atoms with Gasteiger partial charge in [-0.3, -0.25) is 0 Å². The molecule has 0 atom stereocenters. The van der Waals surface area contributed by atoms with Crippen LogP contribution in [0.5, 0.6) is 5.75 Å². The number of ether oxygens (including phenoxy) is 1. The van der Waals surface area contributed by atoms with E-state index in [2.05, 4.69) is 22.4 Å². The Hall–Kier alpha value is -1.46.